The number of nitrogen functional groups attached to an aromatic ring is 1. The number of ether oxygens (including phenoxy) is 3. The van der Waals surface area contributed by atoms with E-state index in [4.69, 9.17) is 19.9 Å². The van der Waals surface area contributed by atoms with Crippen LogP contribution in [-0.4, -0.2) is 36.5 Å². The molecule has 3 radical (unpaired) electrons. The van der Waals surface area contributed by atoms with Gasteiger partial charge in [0, 0.05) is 14.2 Å². The number of rotatable bonds is 7. The van der Waals surface area contributed by atoms with Gasteiger partial charge in [-0.25, -0.2) is 0 Å². The van der Waals surface area contributed by atoms with Crippen molar-refractivity contribution >= 4 is 15.9 Å². The molecule has 4 nitrogen and oxygen atoms in total. The van der Waals surface area contributed by atoms with Crippen molar-refractivity contribution in [3.05, 3.63) is 24.3 Å². The molecule has 0 aliphatic carbocycles. The van der Waals surface area contributed by atoms with E-state index in [0.717, 1.165) is 6.42 Å². The largest absolute Gasteiger partial charge is 0.491 e. The summed E-state index contributed by atoms with van der Waals surface area (Å²) in [6.07, 6.45) is 1.48. The van der Waals surface area contributed by atoms with Crippen molar-refractivity contribution in [3.63, 3.8) is 0 Å². The predicted octanol–water partition coefficient (Wildman–Crippen LogP) is 1.54. The van der Waals surface area contributed by atoms with Crippen molar-refractivity contribution < 1.29 is 14.2 Å². The summed E-state index contributed by atoms with van der Waals surface area (Å²) in [5, 5.41) is 0. The van der Waals surface area contributed by atoms with Gasteiger partial charge in [-0.05, 0) is 25.0 Å². The van der Waals surface area contributed by atoms with E-state index >= 15 is 0 Å². The summed E-state index contributed by atoms with van der Waals surface area (Å²) >= 11 is 0. The zero-order chi connectivity index (χ0) is 12.7. The molecule has 93 valence electrons. The Morgan fingerprint density at radius 3 is 2.47 bits per heavy atom. The highest BCUT2D eigenvalue weighted by Crippen LogP contribution is 2.20. The van der Waals surface area contributed by atoms with E-state index in [9.17, 15) is 0 Å². The summed E-state index contributed by atoms with van der Waals surface area (Å²) in [5.41, 5.74) is 5.68. The minimum Gasteiger partial charge on any atom is -0.491 e. The van der Waals surface area contributed by atoms with E-state index in [2.05, 4.69) is 10.2 Å². The Labute approximate surface area is 105 Å². The Balaban J connectivity index is 2.32. The lowest BCUT2D eigenvalue weighted by atomic mass is 10.3. The van der Waals surface area contributed by atoms with Crippen LogP contribution in [0.2, 0.25) is 0 Å². The quantitative estimate of drug-likeness (QED) is 0.346. The molecule has 0 bridgehead atoms. The van der Waals surface area contributed by atoms with Gasteiger partial charge in [0.15, 0.2) is 0 Å². The first-order valence-electron chi connectivity index (χ1n) is 5.44. The molecule has 0 aromatic heterocycles. The van der Waals surface area contributed by atoms with Gasteiger partial charge in [-0.1, -0.05) is 12.1 Å². The number of nitrogens with two attached hydrogens (primary N) is 1. The molecule has 0 saturated heterocycles. The van der Waals surface area contributed by atoms with Crippen LogP contribution in [0.15, 0.2) is 24.3 Å². The fraction of sp³-hybridized carbons (Fsp3) is 0.500. The van der Waals surface area contributed by atoms with Gasteiger partial charge in [-0.2, -0.15) is 0 Å². The minimum absolute atomic E-state index is 0.563. The average Bonchev–Trinajstić information content (AvgIpc) is 2.36. The van der Waals surface area contributed by atoms with Crippen LogP contribution in [0.4, 0.5) is 5.69 Å². The third-order valence-corrected chi connectivity index (χ3v) is 3.14. The van der Waals surface area contributed by atoms with Gasteiger partial charge in [-0.15, -0.1) is 0 Å². The molecule has 5 heteroatoms. The lowest BCUT2D eigenvalue weighted by molar-refractivity contribution is -0.147. The van der Waals surface area contributed by atoms with Gasteiger partial charge in [0.25, 0.3) is 0 Å². The minimum atomic E-state index is -0.731. The van der Waals surface area contributed by atoms with Gasteiger partial charge in [-0.3, -0.25) is 0 Å². The summed E-state index contributed by atoms with van der Waals surface area (Å²) in [4.78, 5) is 0. The standard InChI is InChI=1S/C12H18NO3Si/c1-14-12(17,15-2)8-5-9-16-11-7-4-3-6-10(11)13/h3-4,6-7H,5,8-9,13H2,1-2H3. The van der Waals surface area contributed by atoms with Crippen LogP contribution >= 0.6 is 0 Å². The van der Waals surface area contributed by atoms with E-state index in [-0.39, 0.29) is 0 Å². The molecule has 0 atom stereocenters. The fourth-order valence-electron chi connectivity index (χ4n) is 1.39. The lowest BCUT2D eigenvalue weighted by Gasteiger charge is -2.26. The van der Waals surface area contributed by atoms with Crippen LogP contribution in [0, 0.1) is 0 Å². The van der Waals surface area contributed by atoms with Crippen molar-refractivity contribution in [3.8, 4) is 5.75 Å². The van der Waals surface area contributed by atoms with E-state index < -0.39 is 5.41 Å². The molecule has 0 aliphatic rings. The van der Waals surface area contributed by atoms with E-state index in [1.165, 1.54) is 0 Å². The van der Waals surface area contributed by atoms with Crippen LogP contribution in [0.25, 0.3) is 0 Å². The normalized spacial score (nSPS) is 11.5. The van der Waals surface area contributed by atoms with Gasteiger partial charge in [0.05, 0.1) is 12.3 Å². The summed E-state index contributed by atoms with van der Waals surface area (Å²) < 4.78 is 15.9. The molecule has 0 unspecified atom stereocenters. The van der Waals surface area contributed by atoms with Gasteiger partial charge < -0.3 is 19.9 Å². The third-order valence-electron chi connectivity index (χ3n) is 2.49. The molecule has 0 fully saturated rings. The monoisotopic (exact) mass is 252 g/mol. The van der Waals surface area contributed by atoms with Crippen LogP contribution in [0.5, 0.6) is 5.75 Å². The highest BCUT2D eigenvalue weighted by Gasteiger charge is 2.21. The second kappa shape index (κ2) is 6.63. The molecule has 0 amide bonds. The summed E-state index contributed by atoms with van der Waals surface area (Å²) in [6.45, 7) is 0.563. The Morgan fingerprint density at radius 2 is 1.88 bits per heavy atom. The molecular weight excluding hydrogens is 234 g/mol. The maximum absolute atomic E-state index is 5.76. The van der Waals surface area contributed by atoms with Crippen molar-refractivity contribution in [2.24, 2.45) is 0 Å². The Hall–Kier alpha value is -1.04. The number of anilines is 1. The smallest absolute Gasteiger partial charge is 0.143 e. The molecule has 2 N–H and O–H groups in total. The topological polar surface area (TPSA) is 53.7 Å². The number of methoxy groups -OCH3 is 2. The zero-order valence-electron chi connectivity index (χ0n) is 10.2. The van der Waals surface area contributed by atoms with E-state index in [1.807, 2.05) is 24.3 Å². The second-order valence-corrected chi connectivity index (χ2v) is 4.41. The van der Waals surface area contributed by atoms with Crippen molar-refractivity contribution in [1.82, 2.24) is 0 Å². The summed E-state index contributed by atoms with van der Waals surface area (Å²) in [7, 11) is 6.59. The Bertz CT molecular complexity index is 342. The fourth-order valence-corrected chi connectivity index (χ4v) is 1.56. The molecule has 0 spiro atoms. The van der Waals surface area contributed by atoms with Crippen LogP contribution < -0.4 is 10.5 Å². The zero-order valence-corrected chi connectivity index (χ0v) is 11.2. The van der Waals surface area contributed by atoms with Gasteiger partial charge >= 0.3 is 0 Å². The van der Waals surface area contributed by atoms with Crippen LogP contribution in [0.3, 0.4) is 0 Å². The molecule has 1 aromatic rings. The lowest BCUT2D eigenvalue weighted by Crippen LogP contribution is -2.34. The predicted molar refractivity (Wildman–Crippen MR) is 68.1 cm³/mol. The summed E-state index contributed by atoms with van der Waals surface area (Å²) in [5.74, 6) is 0.710. The summed E-state index contributed by atoms with van der Waals surface area (Å²) in [6, 6.07) is 7.43. The average molecular weight is 252 g/mol. The highest BCUT2D eigenvalue weighted by atomic mass is 28.1. The van der Waals surface area contributed by atoms with E-state index in [1.54, 1.807) is 14.2 Å². The highest BCUT2D eigenvalue weighted by molar-refractivity contribution is 6.13. The van der Waals surface area contributed by atoms with Gasteiger partial charge in [0.1, 0.15) is 21.4 Å². The molecule has 0 heterocycles. The number of para-hydroxylation sites is 2. The van der Waals surface area contributed by atoms with Crippen molar-refractivity contribution in [2.45, 2.75) is 18.3 Å². The second-order valence-electron chi connectivity index (χ2n) is 3.65. The SMILES string of the molecule is COC([Si])(CCCOc1ccccc1N)OC. The number of benzene rings is 1. The third kappa shape index (κ3) is 4.38. The molecule has 17 heavy (non-hydrogen) atoms. The maximum atomic E-state index is 5.76. The molecule has 1 rings (SSSR count). The van der Waals surface area contributed by atoms with Crippen molar-refractivity contribution in [1.29, 1.82) is 0 Å². The maximum Gasteiger partial charge on any atom is 0.143 e. The van der Waals surface area contributed by atoms with E-state index in [0.29, 0.717) is 24.5 Å². The Morgan fingerprint density at radius 1 is 1.24 bits per heavy atom. The van der Waals surface area contributed by atoms with Gasteiger partial charge in [0.2, 0.25) is 0 Å². The Kier molecular flexibility index (Phi) is 5.47. The molecule has 0 aliphatic heterocycles. The molecule has 1 aromatic carbocycles. The number of hydrogen-bond donors (Lipinski definition) is 1. The van der Waals surface area contributed by atoms with Crippen molar-refractivity contribution in [2.75, 3.05) is 26.6 Å². The van der Waals surface area contributed by atoms with Crippen LogP contribution in [-0.2, 0) is 9.47 Å². The first-order valence-corrected chi connectivity index (χ1v) is 5.94. The molecular formula is C12H18NO3Si. The first kappa shape index (κ1) is 14.0. The number of hydrogen-bond acceptors (Lipinski definition) is 4. The molecule has 0 saturated carbocycles. The first-order chi connectivity index (χ1) is 8.11. The van der Waals surface area contributed by atoms with Crippen LogP contribution in [0.1, 0.15) is 12.8 Å².